The summed E-state index contributed by atoms with van der Waals surface area (Å²) in [6, 6.07) is 13.7. The van der Waals surface area contributed by atoms with E-state index in [2.05, 4.69) is 40.0 Å². The molecule has 2 aromatic carbocycles. The van der Waals surface area contributed by atoms with Crippen LogP contribution in [0.25, 0.3) is 11.1 Å². The lowest BCUT2D eigenvalue weighted by atomic mass is 10.1. The van der Waals surface area contributed by atoms with Crippen molar-refractivity contribution in [2.75, 3.05) is 20.8 Å². The summed E-state index contributed by atoms with van der Waals surface area (Å²) in [4.78, 5) is 12.0. The molecule has 2 amide bonds. The number of amides is 2. The van der Waals surface area contributed by atoms with Gasteiger partial charge in [0, 0.05) is 31.9 Å². The molecule has 3 rings (SSSR count). The number of methoxy groups -OCH3 is 2. The standard InChI is InChI=1S/C22H26N4O3/c1-26-15-19(14-25-26)18-7-4-16(5-8-18)10-11-23-22(27)24-13-17-6-9-20(28-2)21(12-17)29-3/h4-9,12,14-15H,10-11,13H2,1-3H3,(H2,23,24,27). The van der Waals surface area contributed by atoms with Crippen LogP contribution in [0.5, 0.6) is 11.5 Å². The number of rotatable bonds is 8. The molecule has 1 heterocycles. The van der Waals surface area contributed by atoms with Crippen molar-refractivity contribution < 1.29 is 14.3 Å². The van der Waals surface area contributed by atoms with E-state index in [1.807, 2.05) is 37.6 Å². The molecule has 2 N–H and O–H groups in total. The zero-order valence-electron chi connectivity index (χ0n) is 16.9. The second-order valence-corrected chi connectivity index (χ2v) is 6.65. The van der Waals surface area contributed by atoms with Gasteiger partial charge < -0.3 is 20.1 Å². The van der Waals surface area contributed by atoms with Gasteiger partial charge >= 0.3 is 6.03 Å². The van der Waals surface area contributed by atoms with Crippen molar-refractivity contribution >= 4 is 6.03 Å². The summed E-state index contributed by atoms with van der Waals surface area (Å²) in [6.45, 7) is 0.968. The molecule has 3 aromatic rings. The summed E-state index contributed by atoms with van der Waals surface area (Å²) in [5, 5.41) is 9.93. The lowest BCUT2D eigenvalue weighted by molar-refractivity contribution is 0.240. The van der Waals surface area contributed by atoms with Crippen LogP contribution < -0.4 is 20.1 Å². The summed E-state index contributed by atoms with van der Waals surface area (Å²) >= 11 is 0. The Morgan fingerprint density at radius 3 is 2.34 bits per heavy atom. The molecule has 0 aliphatic heterocycles. The first kappa shape index (κ1) is 20.3. The van der Waals surface area contributed by atoms with Crippen LogP contribution in [0.1, 0.15) is 11.1 Å². The van der Waals surface area contributed by atoms with Gasteiger partial charge in [-0.05, 0) is 35.2 Å². The average Bonchev–Trinajstić information content (AvgIpc) is 3.18. The Morgan fingerprint density at radius 1 is 0.966 bits per heavy atom. The lowest BCUT2D eigenvalue weighted by Crippen LogP contribution is -2.36. The molecular formula is C22H26N4O3. The minimum Gasteiger partial charge on any atom is -0.493 e. The second-order valence-electron chi connectivity index (χ2n) is 6.65. The number of ether oxygens (including phenoxy) is 2. The number of hydrogen-bond acceptors (Lipinski definition) is 4. The van der Waals surface area contributed by atoms with Gasteiger partial charge in [0.15, 0.2) is 11.5 Å². The SMILES string of the molecule is COc1ccc(CNC(=O)NCCc2ccc(-c3cnn(C)c3)cc2)cc1OC. The van der Waals surface area contributed by atoms with E-state index in [1.54, 1.807) is 18.9 Å². The minimum atomic E-state index is -0.202. The minimum absolute atomic E-state index is 0.202. The quantitative estimate of drug-likeness (QED) is 0.615. The Morgan fingerprint density at radius 2 is 1.69 bits per heavy atom. The van der Waals surface area contributed by atoms with Crippen molar-refractivity contribution in [1.82, 2.24) is 20.4 Å². The van der Waals surface area contributed by atoms with Gasteiger partial charge in [-0.25, -0.2) is 4.79 Å². The van der Waals surface area contributed by atoms with E-state index in [4.69, 9.17) is 9.47 Å². The molecule has 0 aliphatic carbocycles. The predicted octanol–water partition coefficient (Wildman–Crippen LogP) is 3.15. The number of nitrogens with zero attached hydrogens (tertiary/aromatic N) is 2. The molecule has 29 heavy (non-hydrogen) atoms. The molecule has 7 nitrogen and oxygen atoms in total. The Bertz CT molecular complexity index is 951. The van der Waals surface area contributed by atoms with Crippen LogP contribution in [0.3, 0.4) is 0 Å². The fourth-order valence-electron chi connectivity index (χ4n) is 2.99. The Balaban J connectivity index is 1.43. The van der Waals surface area contributed by atoms with Crippen LogP contribution in [0, 0.1) is 0 Å². The highest BCUT2D eigenvalue weighted by Crippen LogP contribution is 2.27. The molecule has 7 heteroatoms. The second kappa shape index (κ2) is 9.64. The Kier molecular flexibility index (Phi) is 6.73. The van der Waals surface area contributed by atoms with Crippen molar-refractivity contribution in [3.63, 3.8) is 0 Å². The molecule has 0 unspecified atom stereocenters. The van der Waals surface area contributed by atoms with Gasteiger partial charge in [-0.15, -0.1) is 0 Å². The number of aromatic nitrogens is 2. The van der Waals surface area contributed by atoms with E-state index in [0.717, 1.165) is 28.7 Å². The van der Waals surface area contributed by atoms with Crippen molar-refractivity contribution in [1.29, 1.82) is 0 Å². The van der Waals surface area contributed by atoms with Crippen molar-refractivity contribution in [2.24, 2.45) is 7.05 Å². The predicted molar refractivity (Wildman–Crippen MR) is 112 cm³/mol. The van der Waals surface area contributed by atoms with Gasteiger partial charge in [0.1, 0.15) is 0 Å². The third-order valence-corrected chi connectivity index (χ3v) is 4.59. The molecule has 0 saturated carbocycles. The summed E-state index contributed by atoms with van der Waals surface area (Å²) in [5.74, 6) is 1.30. The van der Waals surface area contributed by atoms with Gasteiger partial charge in [-0.3, -0.25) is 4.68 Å². The van der Waals surface area contributed by atoms with E-state index in [0.29, 0.717) is 24.6 Å². The van der Waals surface area contributed by atoms with Crippen molar-refractivity contribution in [3.05, 3.63) is 66.0 Å². The number of carbonyl (C=O) groups excluding carboxylic acids is 1. The molecule has 0 radical (unpaired) electrons. The molecule has 152 valence electrons. The maximum atomic E-state index is 12.0. The van der Waals surface area contributed by atoms with Crippen LogP contribution in [-0.4, -0.2) is 36.6 Å². The number of nitrogens with one attached hydrogen (secondary N) is 2. The van der Waals surface area contributed by atoms with E-state index in [1.165, 1.54) is 0 Å². The molecule has 0 bridgehead atoms. The van der Waals surface area contributed by atoms with Crippen LogP contribution >= 0.6 is 0 Å². The van der Waals surface area contributed by atoms with E-state index < -0.39 is 0 Å². The van der Waals surface area contributed by atoms with Gasteiger partial charge in [-0.1, -0.05) is 30.3 Å². The molecule has 1 aromatic heterocycles. The van der Waals surface area contributed by atoms with E-state index in [9.17, 15) is 4.79 Å². The fourth-order valence-corrected chi connectivity index (χ4v) is 2.99. The van der Waals surface area contributed by atoms with Gasteiger partial charge in [0.05, 0.1) is 20.4 Å². The summed E-state index contributed by atoms with van der Waals surface area (Å²) in [5.41, 5.74) is 4.32. The summed E-state index contributed by atoms with van der Waals surface area (Å²) in [7, 11) is 5.08. The maximum Gasteiger partial charge on any atom is 0.315 e. The maximum absolute atomic E-state index is 12.0. The number of urea groups is 1. The van der Waals surface area contributed by atoms with Crippen LogP contribution in [0.15, 0.2) is 54.9 Å². The smallest absolute Gasteiger partial charge is 0.315 e. The average molecular weight is 394 g/mol. The fraction of sp³-hybridized carbons (Fsp3) is 0.273. The highest BCUT2D eigenvalue weighted by Gasteiger charge is 2.06. The summed E-state index contributed by atoms with van der Waals surface area (Å²) < 4.78 is 12.3. The third kappa shape index (κ3) is 5.51. The van der Waals surface area contributed by atoms with Crippen molar-refractivity contribution in [3.8, 4) is 22.6 Å². The topological polar surface area (TPSA) is 77.4 Å². The number of aryl methyl sites for hydroxylation is 1. The van der Waals surface area contributed by atoms with Crippen LogP contribution in [0.2, 0.25) is 0 Å². The van der Waals surface area contributed by atoms with Gasteiger partial charge in [0.2, 0.25) is 0 Å². The first-order valence-corrected chi connectivity index (χ1v) is 9.39. The first-order valence-electron chi connectivity index (χ1n) is 9.39. The third-order valence-electron chi connectivity index (χ3n) is 4.59. The molecule has 0 saturated heterocycles. The Hall–Kier alpha value is -3.48. The highest BCUT2D eigenvalue weighted by molar-refractivity contribution is 5.73. The largest absolute Gasteiger partial charge is 0.493 e. The van der Waals surface area contributed by atoms with Crippen LogP contribution in [0.4, 0.5) is 4.79 Å². The van der Waals surface area contributed by atoms with E-state index in [-0.39, 0.29) is 6.03 Å². The number of hydrogen-bond donors (Lipinski definition) is 2. The van der Waals surface area contributed by atoms with Gasteiger partial charge in [-0.2, -0.15) is 5.10 Å². The van der Waals surface area contributed by atoms with Crippen LogP contribution in [-0.2, 0) is 20.0 Å². The highest BCUT2D eigenvalue weighted by atomic mass is 16.5. The van der Waals surface area contributed by atoms with E-state index >= 15 is 0 Å². The molecule has 0 spiro atoms. The lowest BCUT2D eigenvalue weighted by Gasteiger charge is -2.11. The zero-order chi connectivity index (χ0) is 20.6. The number of carbonyl (C=O) groups is 1. The molecule has 0 fully saturated rings. The number of benzene rings is 2. The zero-order valence-corrected chi connectivity index (χ0v) is 16.9. The van der Waals surface area contributed by atoms with Gasteiger partial charge in [0.25, 0.3) is 0 Å². The normalized spacial score (nSPS) is 10.4. The monoisotopic (exact) mass is 394 g/mol. The molecule has 0 aliphatic rings. The first-order chi connectivity index (χ1) is 14.1. The molecular weight excluding hydrogens is 368 g/mol. The molecule has 0 atom stereocenters. The van der Waals surface area contributed by atoms with Crippen molar-refractivity contribution in [2.45, 2.75) is 13.0 Å². The Labute approximate surface area is 170 Å². The summed E-state index contributed by atoms with van der Waals surface area (Å²) in [6.07, 6.45) is 4.59.